The van der Waals surface area contributed by atoms with Gasteiger partial charge in [-0.2, -0.15) is 0 Å². The first-order valence-corrected chi connectivity index (χ1v) is 7.66. The molecule has 2 N–H and O–H groups in total. The minimum atomic E-state index is -0.527. The van der Waals surface area contributed by atoms with Gasteiger partial charge in [0, 0.05) is 27.2 Å². The number of rotatable bonds is 5. The Morgan fingerprint density at radius 2 is 1.74 bits per heavy atom. The maximum absolute atomic E-state index is 11.9. The van der Waals surface area contributed by atoms with Gasteiger partial charge in [-0.05, 0) is 23.3 Å². The fourth-order valence-corrected chi connectivity index (χ4v) is 2.81. The highest BCUT2D eigenvalue weighted by Crippen LogP contribution is 2.15. The molecule has 0 fully saturated rings. The standard InChI is InChI=1S/C18H21N3O2/c1-20-15-9-8-13(10-16(15)21(2)18(20)23)11-19-12-17(22)14-6-4-3-5-7-14/h3-10,17,19,22H,11-12H2,1-2H3/t17-/m0/s1. The molecular formula is C18H21N3O2. The van der Waals surface area contributed by atoms with Gasteiger partial charge in [-0.25, -0.2) is 4.79 Å². The average molecular weight is 311 g/mol. The maximum Gasteiger partial charge on any atom is 0.328 e. The third-order valence-corrected chi connectivity index (χ3v) is 4.19. The van der Waals surface area contributed by atoms with Gasteiger partial charge >= 0.3 is 5.69 Å². The Labute approximate surface area is 134 Å². The van der Waals surface area contributed by atoms with Gasteiger partial charge in [0.05, 0.1) is 17.1 Å². The molecule has 3 aromatic rings. The van der Waals surface area contributed by atoms with E-state index in [4.69, 9.17) is 0 Å². The highest BCUT2D eigenvalue weighted by molar-refractivity contribution is 5.76. The number of aryl methyl sites for hydroxylation is 2. The summed E-state index contributed by atoms with van der Waals surface area (Å²) >= 11 is 0. The van der Waals surface area contributed by atoms with Crippen LogP contribution in [0.1, 0.15) is 17.2 Å². The number of nitrogens with zero attached hydrogens (tertiary/aromatic N) is 2. The van der Waals surface area contributed by atoms with Gasteiger partial charge in [-0.15, -0.1) is 0 Å². The quantitative estimate of drug-likeness (QED) is 0.754. The van der Waals surface area contributed by atoms with E-state index in [0.29, 0.717) is 13.1 Å². The second kappa shape index (κ2) is 6.40. The summed E-state index contributed by atoms with van der Waals surface area (Å²) in [7, 11) is 3.56. The van der Waals surface area contributed by atoms with Crippen molar-refractivity contribution in [3.63, 3.8) is 0 Å². The van der Waals surface area contributed by atoms with Gasteiger partial charge in [-0.1, -0.05) is 36.4 Å². The molecular weight excluding hydrogens is 290 g/mol. The van der Waals surface area contributed by atoms with E-state index in [1.807, 2.05) is 48.5 Å². The first kappa shape index (κ1) is 15.5. The number of nitrogens with one attached hydrogen (secondary N) is 1. The van der Waals surface area contributed by atoms with Crippen molar-refractivity contribution in [2.75, 3.05) is 6.54 Å². The molecule has 120 valence electrons. The Bertz CT molecular complexity index is 865. The van der Waals surface area contributed by atoms with Crippen LogP contribution in [0.3, 0.4) is 0 Å². The lowest BCUT2D eigenvalue weighted by Gasteiger charge is -2.12. The number of benzene rings is 2. The van der Waals surface area contributed by atoms with E-state index in [1.165, 1.54) is 0 Å². The summed E-state index contributed by atoms with van der Waals surface area (Å²) in [5.41, 5.74) is 3.80. The lowest BCUT2D eigenvalue weighted by molar-refractivity contribution is 0.174. The van der Waals surface area contributed by atoms with Crippen LogP contribution in [0.15, 0.2) is 53.3 Å². The minimum Gasteiger partial charge on any atom is -0.387 e. The molecule has 0 unspecified atom stereocenters. The molecule has 3 rings (SSSR count). The molecule has 1 atom stereocenters. The lowest BCUT2D eigenvalue weighted by Crippen LogP contribution is -2.21. The number of fused-ring (bicyclic) bond motifs is 1. The normalized spacial score (nSPS) is 12.7. The highest BCUT2D eigenvalue weighted by atomic mass is 16.3. The van der Waals surface area contributed by atoms with Crippen LogP contribution in [-0.2, 0) is 20.6 Å². The molecule has 0 saturated heterocycles. The van der Waals surface area contributed by atoms with E-state index >= 15 is 0 Å². The fourth-order valence-electron chi connectivity index (χ4n) is 2.81. The van der Waals surface area contributed by atoms with Crippen molar-refractivity contribution < 1.29 is 5.11 Å². The summed E-state index contributed by atoms with van der Waals surface area (Å²) in [6.45, 7) is 1.12. The molecule has 5 heteroatoms. The zero-order valence-electron chi connectivity index (χ0n) is 13.4. The van der Waals surface area contributed by atoms with E-state index in [2.05, 4.69) is 5.32 Å². The highest BCUT2D eigenvalue weighted by Gasteiger charge is 2.09. The van der Waals surface area contributed by atoms with Crippen molar-refractivity contribution in [1.82, 2.24) is 14.5 Å². The van der Waals surface area contributed by atoms with Crippen LogP contribution >= 0.6 is 0 Å². The summed E-state index contributed by atoms with van der Waals surface area (Å²) in [5, 5.41) is 13.4. The largest absolute Gasteiger partial charge is 0.387 e. The van der Waals surface area contributed by atoms with Gasteiger partial charge in [-0.3, -0.25) is 9.13 Å². The third kappa shape index (κ3) is 3.06. The molecule has 0 bridgehead atoms. The Morgan fingerprint density at radius 1 is 1.04 bits per heavy atom. The van der Waals surface area contributed by atoms with E-state index in [-0.39, 0.29) is 5.69 Å². The molecule has 0 amide bonds. The molecule has 23 heavy (non-hydrogen) atoms. The molecule has 0 saturated carbocycles. The molecule has 0 aliphatic heterocycles. The second-order valence-electron chi connectivity index (χ2n) is 5.78. The molecule has 0 aliphatic rings. The molecule has 2 aromatic carbocycles. The molecule has 1 aromatic heterocycles. The van der Waals surface area contributed by atoms with Crippen LogP contribution in [-0.4, -0.2) is 20.8 Å². The van der Waals surface area contributed by atoms with Gasteiger partial charge in [0.1, 0.15) is 0 Å². The minimum absolute atomic E-state index is 0.0235. The van der Waals surface area contributed by atoms with Crippen LogP contribution < -0.4 is 11.0 Å². The predicted octanol–water partition coefficient (Wildman–Crippen LogP) is 1.70. The zero-order chi connectivity index (χ0) is 16.4. The average Bonchev–Trinajstić information content (AvgIpc) is 2.80. The summed E-state index contributed by atoms with van der Waals surface area (Å²) in [4.78, 5) is 11.9. The Morgan fingerprint density at radius 3 is 2.48 bits per heavy atom. The Kier molecular flexibility index (Phi) is 4.32. The maximum atomic E-state index is 11.9. The van der Waals surface area contributed by atoms with Crippen molar-refractivity contribution in [1.29, 1.82) is 0 Å². The number of hydrogen-bond donors (Lipinski definition) is 2. The van der Waals surface area contributed by atoms with Crippen molar-refractivity contribution >= 4 is 11.0 Å². The predicted molar refractivity (Wildman–Crippen MR) is 91.3 cm³/mol. The smallest absolute Gasteiger partial charge is 0.328 e. The number of aliphatic hydroxyl groups is 1. The topological polar surface area (TPSA) is 59.2 Å². The van der Waals surface area contributed by atoms with Crippen LogP contribution in [0.2, 0.25) is 0 Å². The molecule has 0 spiro atoms. The Balaban J connectivity index is 1.68. The van der Waals surface area contributed by atoms with Gasteiger partial charge < -0.3 is 10.4 Å². The molecule has 0 aliphatic carbocycles. The van der Waals surface area contributed by atoms with Gasteiger partial charge in [0.2, 0.25) is 0 Å². The van der Waals surface area contributed by atoms with E-state index < -0.39 is 6.10 Å². The van der Waals surface area contributed by atoms with Crippen molar-refractivity contribution in [3.8, 4) is 0 Å². The summed E-state index contributed by atoms with van der Waals surface area (Å²) in [5.74, 6) is 0. The monoisotopic (exact) mass is 311 g/mol. The zero-order valence-corrected chi connectivity index (χ0v) is 13.4. The first-order chi connectivity index (χ1) is 11.1. The van der Waals surface area contributed by atoms with Crippen molar-refractivity contribution in [3.05, 3.63) is 70.1 Å². The molecule has 5 nitrogen and oxygen atoms in total. The number of aromatic nitrogens is 2. The van der Waals surface area contributed by atoms with Crippen LogP contribution in [0.4, 0.5) is 0 Å². The summed E-state index contributed by atoms with van der Waals surface area (Å²) in [6, 6.07) is 15.6. The van der Waals surface area contributed by atoms with Gasteiger partial charge in [0.25, 0.3) is 0 Å². The van der Waals surface area contributed by atoms with Crippen LogP contribution in [0, 0.1) is 0 Å². The SMILES string of the molecule is Cn1c(=O)n(C)c2cc(CNC[C@H](O)c3ccccc3)ccc21. The second-order valence-corrected chi connectivity index (χ2v) is 5.78. The van der Waals surface area contributed by atoms with E-state index in [0.717, 1.165) is 22.2 Å². The Hall–Kier alpha value is -2.37. The van der Waals surface area contributed by atoms with Crippen molar-refractivity contribution in [2.24, 2.45) is 14.1 Å². The van der Waals surface area contributed by atoms with Crippen LogP contribution in [0.25, 0.3) is 11.0 Å². The number of imidazole rings is 1. The van der Waals surface area contributed by atoms with Gasteiger partial charge in [0.15, 0.2) is 0 Å². The number of aliphatic hydroxyl groups excluding tert-OH is 1. The summed E-state index contributed by atoms with van der Waals surface area (Å²) in [6.07, 6.45) is -0.527. The fraction of sp³-hybridized carbons (Fsp3) is 0.278. The molecule has 1 heterocycles. The van der Waals surface area contributed by atoms with Crippen molar-refractivity contribution in [2.45, 2.75) is 12.6 Å². The molecule has 0 radical (unpaired) electrons. The van der Waals surface area contributed by atoms with E-state index in [9.17, 15) is 9.90 Å². The summed E-state index contributed by atoms with van der Waals surface area (Å²) < 4.78 is 3.29. The first-order valence-electron chi connectivity index (χ1n) is 7.66. The third-order valence-electron chi connectivity index (χ3n) is 4.19. The number of hydrogen-bond acceptors (Lipinski definition) is 3. The van der Waals surface area contributed by atoms with Crippen LogP contribution in [0.5, 0.6) is 0 Å². The van der Waals surface area contributed by atoms with E-state index in [1.54, 1.807) is 23.2 Å². The lowest BCUT2D eigenvalue weighted by atomic mass is 10.1.